The molecule has 23 heavy (non-hydrogen) atoms. The standard InChI is InChI=1S/C19H18N2OS/c1-14-6-8-15(9-7-14)10-11-18(22)20-19(23)21-13-12-16-4-2-3-5-17(16)21/h2-11H,12-13H2,1H3,(H,20,22,23). The summed E-state index contributed by atoms with van der Waals surface area (Å²) in [7, 11) is 0. The summed E-state index contributed by atoms with van der Waals surface area (Å²) in [6.07, 6.45) is 4.25. The molecule has 0 spiro atoms. The number of amides is 1. The fourth-order valence-electron chi connectivity index (χ4n) is 2.61. The zero-order chi connectivity index (χ0) is 16.2. The Bertz CT molecular complexity index is 765. The van der Waals surface area contributed by atoms with Crippen molar-refractivity contribution in [3.05, 3.63) is 71.3 Å². The Morgan fingerprint density at radius 2 is 1.91 bits per heavy atom. The van der Waals surface area contributed by atoms with Crippen molar-refractivity contribution < 1.29 is 4.79 Å². The lowest BCUT2D eigenvalue weighted by Crippen LogP contribution is -2.41. The minimum absolute atomic E-state index is 0.208. The first-order valence-electron chi connectivity index (χ1n) is 7.58. The van der Waals surface area contributed by atoms with E-state index in [1.54, 1.807) is 6.08 Å². The minimum Gasteiger partial charge on any atom is -0.318 e. The molecule has 1 N–H and O–H groups in total. The Morgan fingerprint density at radius 3 is 2.70 bits per heavy atom. The molecule has 2 aromatic rings. The van der Waals surface area contributed by atoms with Crippen LogP contribution in [0.5, 0.6) is 0 Å². The van der Waals surface area contributed by atoms with E-state index in [9.17, 15) is 4.79 Å². The second-order valence-electron chi connectivity index (χ2n) is 5.57. The van der Waals surface area contributed by atoms with E-state index < -0.39 is 0 Å². The molecule has 0 fully saturated rings. The van der Waals surface area contributed by atoms with E-state index in [4.69, 9.17) is 12.2 Å². The van der Waals surface area contributed by atoms with Crippen LogP contribution in [0.3, 0.4) is 0 Å². The molecule has 0 radical (unpaired) electrons. The van der Waals surface area contributed by atoms with Crippen LogP contribution in [0.1, 0.15) is 16.7 Å². The number of nitrogens with one attached hydrogen (secondary N) is 1. The maximum absolute atomic E-state index is 12.1. The highest BCUT2D eigenvalue weighted by atomic mass is 32.1. The quantitative estimate of drug-likeness (QED) is 0.679. The number of anilines is 1. The molecule has 0 atom stereocenters. The summed E-state index contributed by atoms with van der Waals surface area (Å²) in [6, 6.07) is 16.1. The Balaban J connectivity index is 1.62. The number of hydrogen-bond acceptors (Lipinski definition) is 2. The van der Waals surface area contributed by atoms with Crippen LogP contribution >= 0.6 is 12.2 Å². The van der Waals surface area contributed by atoms with E-state index in [1.807, 2.05) is 54.3 Å². The van der Waals surface area contributed by atoms with Crippen LogP contribution in [0.25, 0.3) is 6.08 Å². The Labute approximate surface area is 141 Å². The Kier molecular flexibility index (Phi) is 4.53. The SMILES string of the molecule is Cc1ccc(C=CC(=O)NC(=S)N2CCc3ccccc32)cc1. The fourth-order valence-corrected chi connectivity index (χ4v) is 2.90. The van der Waals surface area contributed by atoms with Crippen LogP contribution in [0.4, 0.5) is 5.69 Å². The molecule has 0 unspecified atom stereocenters. The molecule has 0 bridgehead atoms. The van der Waals surface area contributed by atoms with Crippen molar-refractivity contribution in [2.45, 2.75) is 13.3 Å². The average Bonchev–Trinajstić information content (AvgIpc) is 2.98. The molecular formula is C19H18N2OS. The van der Waals surface area contributed by atoms with Crippen LogP contribution < -0.4 is 10.2 Å². The Hall–Kier alpha value is -2.46. The number of fused-ring (bicyclic) bond motifs is 1. The van der Waals surface area contributed by atoms with Crippen LogP contribution in [-0.4, -0.2) is 17.6 Å². The lowest BCUT2D eigenvalue weighted by molar-refractivity contribution is -0.115. The highest BCUT2D eigenvalue weighted by Gasteiger charge is 2.22. The average molecular weight is 322 g/mol. The van der Waals surface area contributed by atoms with Crippen molar-refractivity contribution in [1.29, 1.82) is 0 Å². The highest BCUT2D eigenvalue weighted by Crippen LogP contribution is 2.27. The zero-order valence-corrected chi connectivity index (χ0v) is 13.8. The third-order valence-electron chi connectivity index (χ3n) is 3.87. The molecule has 4 heteroatoms. The van der Waals surface area contributed by atoms with Gasteiger partial charge in [0.1, 0.15) is 0 Å². The molecule has 0 aliphatic carbocycles. The van der Waals surface area contributed by atoms with E-state index in [-0.39, 0.29) is 5.91 Å². The van der Waals surface area contributed by atoms with Gasteiger partial charge in [-0.15, -0.1) is 0 Å². The lowest BCUT2D eigenvalue weighted by Gasteiger charge is -2.19. The number of carbonyl (C=O) groups excluding carboxylic acids is 1. The van der Waals surface area contributed by atoms with Crippen molar-refractivity contribution >= 4 is 35.0 Å². The smallest absolute Gasteiger partial charge is 0.250 e. The molecule has 3 nitrogen and oxygen atoms in total. The van der Waals surface area contributed by atoms with Gasteiger partial charge in [-0.3, -0.25) is 10.1 Å². The molecule has 3 rings (SSSR count). The van der Waals surface area contributed by atoms with Crippen LogP contribution in [0.15, 0.2) is 54.6 Å². The van der Waals surface area contributed by atoms with Gasteiger partial charge >= 0.3 is 0 Å². The number of para-hydroxylation sites is 1. The molecule has 1 aliphatic rings. The predicted octanol–water partition coefficient (Wildman–Crippen LogP) is 3.47. The Morgan fingerprint density at radius 1 is 1.17 bits per heavy atom. The minimum atomic E-state index is -0.208. The molecule has 1 amide bonds. The second-order valence-corrected chi connectivity index (χ2v) is 5.96. The fraction of sp³-hybridized carbons (Fsp3) is 0.158. The first kappa shape index (κ1) is 15.4. The lowest BCUT2D eigenvalue weighted by atomic mass is 10.1. The first-order valence-corrected chi connectivity index (χ1v) is 7.99. The number of carbonyl (C=O) groups is 1. The molecule has 2 aromatic carbocycles. The maximum atomic E-state index is 12.1. The molecule has 116 valence electrons. The summed E-state index contributed by atoms with van der Waals surface area (Å²) >= 11 is 5.37. The van der Waals surface area contributed by atoms with E-state index in [0.717, 1.165) is 24.2 Å². The van der Waals surface area contributed by atoms with Crippen molar-refractivity contribution in [3.8, 4) is 0 Å². The van der Waals surface area contributed by atoms with Gasteiger partial charge in [-0.05, 0) is 48.8 Å². The van der Waals surface area contributed by atoms with Gasteiger partial charge in [0.25, 0.3) is 0 Å². The van der Waals surface area contributed by atoms with Crippen molar-refractivity contribution in [2.24, 2.45) is 0 Å². The van der Waals surface area contributed by atoms with Gasteiger partial charge in [0, 0.05) is 18.3 Å². The van der Waals surface area contributed by atoms with Crippen LogP contribution in [-0.2, 0) is 11.2 Å². The summed E-state index contributed by atoms with van der Waals surface area (Å²) in [5.74, 6) is -0.208. The molecule has 1 heterocycles. The largest absolute Gasteiger partial charge is 0.318 e. The van der Waals surface area contributed by atoms with E-state index in [1.165, 1.54) is 17.2 Å². The van der Waals surface area contributed by atoms with Gasteiger partial charge < -0.3 is 4.90 Å². The normalized spacial score (nSPS) is 13.2. The van der Waals surface area contributed by atoms with Crippen LogP contribution in [0, 0.1) is 6.92 Å². The predicted molar refractivity (Wildman–Crippen MR) is 98.4 cm³/mol. The number of thiocarbonyl (C=S) groups is 1. The maximum Gasteiger partial charge on any atom is 0.250 e. The summed E-state index contributed by atoms with van der Waals surface area (Å²) in [4.78, 5) is 14.0. The van der Waals surface area contributed by atoms with Gasteiger partial charge in [-0.25, -0.2) is 0 Å². The summed E-state index contributed by atoms with van der Waals surface area (Å²) in [5, 5.41) is 3.23. The first-order chi connectivity index (χ1) is 11.1. The topological polar surface area (TPSA) is 32.3 Å². The van der Waals surface area contributed by atoms with Crippen molar-refractivity contribution in [2.75, 3.05) is 11.4 Å². The molecule has 0 saturated heterocycles. The number of benzene rings is 2. The van der Waals surface area contributed by atoms with Gasteiger partial charge in [0.15, 0.2) is 5.11 Å². The summed E-state index contributed by atoms with van der Waals surface area (Å²) in [6.45, 7) is 2.84. The van der Waals surface area contributed by atoms with E-state index in [2.05, 4.69) is 11.4 Å². The van der Waals surface area contributed by atoms with Crippen LogP contribution in [0.2, 0.25) is 0 Å². The molecule has 1 aliphatic heterocycles. The zero-order valence-electron chi connectivity index (χ0n) is 13.0. The number of hydrogen-bond donors (Lipinski definition) is 1. The second kappa shape index (κ2) is 6.75. The third-order valence-corrected chi connectivity index (χ3v) is 4.19. The van der Waals surface area contributed by atoms with Crippen molar-refractivity contribution in [3.63, 3.8) is 0 Å². The monoisotopic (exact) mass is 322 g/mol. The van der Waals surface area contributed by atoms with Gasteiger partial charge in [-0.2, -0.15) is 0 Å². The molecule has 0 aromatic heterocycles. The number of nitrogens with zero attached hydrogens (tertiary/aromatic N) is 1. The summed E-state index contributed by atoms with van der Waals surface area (Å²) in [5.41, 5.74) is 4.53. The van der Waals surface area contributed by atoms with Gasteiger partial charge in [0.05, 0.1) is 0 Å². The number of rotatable bonds is 2. The number of aryl methyl sites for hydroxylation is 1. The molecule has 0 saturated carbocycles. The third kappa shape index (κ3) is 3.66. The van der Waals surface area contributed by atoms with Gasteiger partial charge in [-0.1, -0.05) is 48.0 Å². The highest BCUT2D eigenvalue weighted by molar-refractivity contribution is 7.80. The van der Waals surface area contributed by atoms with E-state index >= 15 is 0 Å². The summed E-state index contributed by atoms with van der Waals surface area (Å²) < 4.78 is 0. The molecular weight excluding hydrogens is 304 g/mol. The van der Waals surface area contributed by atoms with E-state index in [0.29, 0.717) is 5.11 Å². The van der Waals surface area contributed by atoms with Crippen molar-refractivity contribution in [1.82, 2.24) is 5.32 Å². The van der Waals surface area contributed by atoms with Gasteiger partial charge in [0.2, 0.25) is 5.91 Å².